The molecule has 8 nitrogen and oxygen atoms in total. The Labute approximate surface area is 241 Å². The lowest BCUT2D eigenvalue weighted by molar-refractivity contribution is -0.00545. The summed E-state index contributed by atoms with van der Waals surface area (Å²) in [4.78, 5) is 29.8. The van der Waals surface area contributed by atoms with Crippen molar-refractivity contribution in [1.82, 2.24) is 25.6 Å². The van der Waals surface area contributed by atoms with Gasteiger partial charge in [-0.1, -0.05) is 12.1 Å². The summed E-state index contributed by atoms with van der Waals surface area (Å²) in [5, 5.41) is 7.48. The van der Waals surface area contributed by atoms with E-state index in [0.29, 0.717) is 18.0 Å². The number of amides is 1. The number of piperidine rings is 1. The molecule has 2 N–H and O–H groups in total. The molecular weight excluding hydrogens is 512 g/mol. The molecule has 0 bridgehead atoms. The summed E-state index contributed by atoms with van der Waals surface area (Å²) in [7, 11) is 0. The highest BCUT2D eigenvalue weighted by Crippen LogP contribution is 2.27. The van der Waals surface area contributed by atoms with Crippen molar-refractivity contribution in [3.8, 4) is 11.4 Å². The first-order valence-electron chi connectivity index (χ1n) is 14.7. The topological polar surface area (TPSA) is 92.3 Å². The highest BCUT2D eigenvalue weighted by molar-refractivity contribution is 5.94. The van der Waals surface area contributed by atoms with Gasteiger partial charge in [-0.25, -0.2) is 9.97 Å². The largest absolute Gasteiger partial charge is 0.372 e. The number of aromatic nitrogens is 3. The maximum Gasteiger partial charge on any atom is 0.251 e. The summed E-state index contributed by atoms with van der Waals surface area (Å²) in [5.74, 6) is 1.30. The Kier molecular flexibility index (Phi) is 7.94. The number of benzene rings is 1. The maximum absolute atomic E-state index is 13.1. The fraction of sp³-hybridized carbons (Fsp3) is 0.394. The number of nitrogens with zero attached hydrogens (tertiary/aromatic N) is 4. The fourth-order valence-electron chi connectivity index (χ4n) is 6.02. The van der Waals surface area contributed by atoms with Gasteiger partial charge in [-0.2, -0.15) is 0 Å². The Hall–Kier alpha value is -3.88. The lowest BCUT2D eigenvalue weighted by atomic mass is 9.87. The van der Waals surface area contributed by atoms with Gasteiger partial charge in [-0.15, -0.1) is 0 Å². The van der Waals surface area contributed by atoms with Crippen LogP contribution in [0.1, 0.15) is 59.8 Å². The lowest BCUT2D eigenvalue weighted by Crippen LogP contribution is -2.45. The Morgan fingerprint density at radius 1 is 1.05 bits per heavy atom. The van der Waals surface area contributed by atoms with Crippen molar-refractivity contribution in [3.63, 3.8) is 0 Å². The minimum Gasteiger partial charge on any atom is -0.372 e. The summed E-state index contributed by atoms with van der Waals surface area (Å²) in [6, 6.07) is 18.0. The van der Waals surface area contributed by atoms with E-state index in [1.165, 1.54) is 11.1 Å². The number of nitrogens with one attached hydrogen (secondary N) is 2. The van der Waals surface area contributed by atoms with Crippen LogP contribution >= 0.6 is 0 Å². The Morgan fingerprint density at radius 2 is 1.88 bits per heavy atom. The Morgan fingerprint density at radius 3 is 2.68 bits per heavy atom. The van der Waals surface area contributed by atoms with Gasteiger partial charge >= 0.3 is 0 Å². The molecule has 3 aromatic heterocycles. The predicted molar refractivity (Wildman–Crippen MR) is 162 cm³/mol. The molecule has 3 unspecified atom stereocenters. The van der Waals surface area contributed by atoms with Gasteiger partial charge in [0.1, 0.15) is 5.82 Å². The Bertz CT molecular complexity index is 1540. The molecule has 2 saturated heterocycles. The minimum atomic E-state index is -0.0913. The van der Waals surface area contributed by atoms with E-state index in [2.05, 4.69) is 53.4 Å². The second kappa shape index (κ2) is 11.9. The predicted octanol–water partition coefficient (Wildman–Crippen LogP) is 5.01. The number of carbonyl (C=O) groups excluding carboxylic acids is 1. The van der Waals surface area contributed by atoms with Crippen molar-refractivity contribution < 1.29 is 9.53 Å². The normalized spacial score (nSPS) is 21.1. The van der Waals surface area contributed by atoms with E-state index < -0.39 is 0 Å². The summed E-state index contributed by atoms with van der Waals surface area (Å²) >= 11 is 0. The van der Waals surface area contributed by atoms with Gasteiger partial charge in [-0.05, 0) is 99.7 Å². The third-order valence-electron chi connectivity index (χ3n) is 8.08. The molecule has 2 aliphatic heterocycles. The first-order chi connectivity index (χ1) is 19.9. The van der Waals surface area contributed by atoms with Gasteiger partial charge < -0.3 is 20.3 Å². The van der Waals surface area contributed by atoms with E-state index >= 15 is 0 Å². The molecule has 2 aliphatic rings. The number of ether oxygens (including phenoxy) is 1. The third-order valence-corrected chi connectivity index (χ3v) is 8.08. The maximum atomic E-state index is 13.1. The van der Waals surface area contributed by atoms with Crippen LogP contribution in [-0.4, -0.2) is 59.2 Å². The number of fused-ring (bicyclic) bond motifs is 1. The number of rotatable bonds is 6. The van der Waals surface area contributed by atoms with Crippen molar-refractivity contribution >= 4 is 22.6 Å². The van der Waals surface area contributed by atoms with Gasteiger partial charge in [0.15, 0.2) is 0 Å². The van der Waals surface area contributed by atoms with Crippen LogP contribution in [0.5, 0.6) is 0 Å². The fourth-order valence-corrected chi connectivity index (χ4v) is 6.02. The zero-order valence-corrected chi connectivity index (χ0v) is 24.1. The number of hydrogen-bond donors (Lipinski definition) is 2. The molecule has 4 aromatic rings. The van der Waals surface area contributed by atoms with Crippen molar-refractivity contribution in [1.29, 1.82) is 0 Å². The smallest absolute Gasteiger partial charge is 0.251 e. The van der Waals surface area contributed by atoms with E-state index in [4.69, 9.17) is 14.7 Å². The van der Waals surface area contributed by atoms with Crippen LogP contribution in [0.25, 0.3) is 22.3 Å². The van der Waals surface area contributed by atoms with Crippen LogP contribution in [-0.2, 0) is 11.3 Å². The highest BCUT2D eigenvalue weighted by Gasteiger charge is 2.23. The van der Waals surface area contributed by atoms with Gasteiger partial charge in [-0.3, -0.25) is 9.78 Å². The van der Waals surface area contributed by atoms with Crippen LogP contribution in [0.3, 0.4) is 0 Å². The molecule has 1 amide bonds. The molecule has 1 aromatic carbocycles. The average molecular weight is 551 g/mol. The number of anilines is 1. The molecule has 5 heterocycles. The van der Waals surface area contributed by atoms with E-state index in [1.54, 1.807) is 0 Å². The van der Waals surface area contributed by atoms with E-state index in [9.17, 15) is 4.79 Å². The van der Waals surface area contributed by atoms with Crippen LogP contribution in [0.2, 0.25) is 0 Å². The molecule has 6 rings (SSSR count). The summed E-state index contributed by atoms with van der Waals surface area (Å²) in [6.07, 6.45) is 4.46. The van der Waals surface area contributed by atoms with Crippen LogP contribution in [0.4, 0.5) is 5.82 Å². The molecule has 0 radical (unpaired) electrons. The number of aryl methyl sites for hydroxylation is 1. The molecule has 2 fully saturated rings. The van der Waals surface area contributed by atoms with Gasteiger partial charge in [0.25, 0.3) is 5.91 Å². The monoisotopic (exact) mass is 550 g/mol. The van der Waals surface area contributed by atoms with Crippen molar-refractivity contribution in [3.05, 3.63) is 83.2 Å². The molecule has 0 spiro atoms. The SMILES string of the molecule is Cc1ccc(C(=O)NCc2cc3nc(-c4cccc(N5CC(C)OC(C)C5)n4)ccc3cn2)cc1C1CCCNC1. The molecule has 3 atom stereocenters. The number of morpholine rings is 1. The van der Waals surface area contributed by atoms with Crippen molar-refractivity contribution in [2.45, 2.75) is 58.3 Å². The average Bonchev–Trinajstić information content (AvgIpc) is 2.99. The Balaban J connectivity index is 1.17. The second-order valence-electron chi connectivity index (χ2n) is 11.4. The molecule has 41 heavy (non-hydrogen) atoms. The van der Waals surface area contributed by atoms with E-state index in [-0.39, 0.29) is 18.1 Å². The number of hydrogen-bond acceptors (Lipinski definition) is 7. The summed E-state index contributed by atoms with van der Waals surface area (Å²) in [5.41, 5.74) is 6.41. The third kappa shape index (κ3) is 6.24. The van der Waals surface area contributed by atoms with Crippen LogP contribution in [0.15, 0.2) is 60.8 Å². The lowest BCUT2D eigenvalue weighted by Gasteiger charge is -2.36. The first kappa shape index (κ1) is 27.3. The second-order valence-corrected chi connectivity index (χ2v) is 11.4. The van der Waals surface area contributed by atoms with Crippen molar-refractivity contribution in [2.75, 3.05) is 31.1 Å². The summed E-state index contributed by atoms with van der Waals surface area (Å²) < 4.78 is 5.89. The zero-order chi connectivity index (χ0) is 28.3. The van der Waals surface area contributed by atoms with Gasteiger partial charge in [0.2, 0.25) is 0 Å². The van der Waals surface area contributed by atoms with Crippen LogP contribution < -0.4 is 15.5 Å². The van der Waals surface area contributed by atoms with Gasteiger partial charge in [0, 0.05) is 36.8 Å². The van der Waals surface area contributed by atoms with Crippen molar-refractivity contribution in [2.24, 2.45) is 0 Å². The molecular formula is C33H38N6O2. The number of carbonyl (C=O) groups is 1. The quantitative estimate of drug-likeness (QED) is 0.349. The summed E-state index contributed by atoms with van der Waals surface area (Å²) in [6.45, 7) is 10.3. The van der Waals surface area contributed by atoms with Crippen LogP contribution in [0, 0.1) is 6.92 Å². The number of pyridine rings is 3. The van der Waals surface area contributed by atoms with Gasteiger partial charge in [0.05, 0.1) is 41.4 Å². The molecule has 0 saturated carbocycles. The van der Waals surface area contributed by atoms with E-state index in [0.717, 1.165) is 72.8 Å². The minimum absolute atomic E-state index is 0.0913. The zero-order valence-electron chi connectivity index (χ0n) is 24.1. The standard InChI is InChI=1S/C33H38N6O2/c1-21-9-10-24(14-28(21)25-6-5-13-34-16-25)33(40)36-18-27-15-31-26(17-35-27)11-12-30(37-31)29-7-4-8-32(38-29)39-19-22(2)41-23(3)20-39/h4,7-12,14-15,17,22-23,25,34H,5-6,13,16,18-20H2,1-3H3,(H,36,40). The van der Waals surface area contributed by atoms with E-state index in [1.807, 2.05) is 48.7 Å². The highest BCUT2D eigenvalue weighted by atomic mass is 16.5. The first-order valence-corrected chi connectivity index (χ1v) is 14.7. The molecule has 8 heteroatoms. The molecule has 0 aliphatic carbocycles. The molecule has 212 valence electrons.